The molecular weight excluding hydrogens is 222 g/mol. The van der Waals surface area contributed by atoms with Gasteiger partial charge in [-0.3, -0.25) is 0 Å². The number of hydrogen-bond donors (Lipinski definition) is 1. The van der Waals surface area contributed by atoms with E-state index < -0.39 is 0 Å². The molecule has 0 spiro atoms. The van der Waals surface area contributed by atoms with Crippen LogP contribution in [0.1, 0.15) is 35.9 Å². The average Bonchev–Trinajstić information content (AvgIpc) is 2.81. The molecule has 0 unspecified atom stereocenters. The van der Waals surface area contributed by atoms with Crippen molar-refractivity contribution in [2.24, 2.45) is 5.73 Å². The molecular formula is C11H13N3OS. The zero-order valence-electron chi connectivity index (χ0n) is 8.85. The van der Waals surface area contributed by atoms with Crippen LogP contribution in [0.25, 0.3) is 10.7 Å². The summed E-state index contributed by atoms with van der Waals surface area (Å²) in [6.45, 7) is 0.567. The largest absolute Gasteiger partial charge is 0.339 e. The third-order valence-electron chi connectivity index (χ3n) is 2.98. The molecule has 2 aromatic rings. The van der Waals surface area contributed by atoms with Gasteiger partial charge in [-0.05, 0) is 25.0 Å². The van der Waals surface area contributed by atoms with Crippen molar-refractivity contribution in [3.63, 3.8) is 0 Å². The van der Waals surface area contributed by atoms with Gasteiger partial charge in [0.25, 0.3) is 0 Å². The Hall–Kier alpha value is -1.20. The monoisotopic (exact) mass is 235 g/mol. The van der Waals surface area contributed by atoms with Gasteiger partial charge in [0.05, 0.1) is 4.88 Å². The molecule has 2 heterocycles. The zero-order chi connectivity index (χ0) is 11.0. The predicted molar refractivity (Wildman–Crippen MR) is 62.1 cm³/mol. The number of hydrogen-bond acceptors (Lipinski definition) is 5. The second-order valence-electron chi connectivity index (χ2n) is 4.05. The van der Waals surface area contributed by atoms with Crippen LogP contribution in [0, 0.1) is 0 Å². The fraction of sp³-hybridized carbons (Fsp3) is 0.455. The number of nitrogens with zero attached hydrogens (tertiary/aromatic N) is 2. The normalized spacial score (nSPS) is 16.3. The third kappa shape index (κ3) is 1.66. The minimum Gasteiger partial charge on any atom is -0.339 e. The first-order chi connectivity index (χ1) is 7.86. The molecule has 16 heavy (non-hydrogen) atoms. The summed E-state index contributed by atoms with van der Waals surface area (Å²) in [5.41, 5.74) is 5.57. The van der Waals surface area contributed by atoms with Gasteiger partial charge >= 0.3 is 0 Å². The minimum absolute atomic E-state index is 0.496. The summed E-state index contributed by atoms with van der Waals surface area (Å²) in [4.78, 5) is 6.62. The third-order valence-corrected chi connectivity index (χ3v) is 4.08. The molecule has 2 N–H and O–H groups in total. The summed E-state index contributed by atoms with van der Waals surface area (Å²) in [6.07, 6.45) is 3.64. The van der Waals surface area contributed by atoms with E-state index in [1.165, 1.54) is 19.3 Å². The van der Waals surface area contributed by atoms with Crippen LogP contribution in [0.4, 0.5) is 0 Å². The Kier molecular flexibility index (Phi) is 2.49. The second-order valence-corrected chi connectivity index (χ2v) is 5.22. The van der Waals surface area contributed by atoms with E-state index in [-0.39, 0.29) is 0 Å². The molecule has 0 aliphatic heterocycles. The first-order valence-electron chi connectivity index (χ1n) is 5.49. The van der Waals surface area contributed by atoms with E-state index in [4.69, 9.17) is 10.3 Å². The summed E-state index contributed by atoms with van der Waals surface area (Å²) in [5.74, 6) is 1.99. The Bertz CT molecular complexity index is 487. The van der Waals surface area contributed by atoms with Crippen molar-refractivity contribution in [3.8, 4) is 10.7 Å². The molecule has 0 amide bonds. The first kappa shape index (κ1) is 9.99. The SMILES string of the molecule is NCc1ccc(-c2noc(C3CCC3)n2)s1. The van der Waals surface area contributed by atoms with Gasteiger partial charge in [0.1, 0.15) is 0 Å². The molecule has 1 aliphatic rings. The molecule has 84 valence electrons. The Morgan fingerprint density at radius 1 is 1.44 bits per heavy atom. The minimum atomic E-state index is 0.496. The van der Waals surface area contributed by atoms with Crippen LogP contribution < -0.4 is 5.73 Å². The summed E-state index contributed by atoms with van der Waals surface area (Å²) < 4.78 is 5.28. The van der Waals surface area contributed by atoms with Crippen LogP contribution >= 0.6 is 11.3 Å². The summed E-state index contributed by atoms with van der Waals surface area (Å²) in [6, 6.07) is 4.02. The van der Waals surface area contributed by atoms with Crippen LogP contribution in [-0.2, 0) is 6.54 Å². The van der Waals surface area contributed by atoms with E-state index in [0.29, 0.717) is 18.3 Å². The molecule has 2 aromatic heterocycles. The fourth-order valence-electron chi connectivity index (χ4n) is 1.76. The van der Waals surface area contributed by atoms with Crippen LogP contribution in [0.15, 0.2) is 16.7 Å². The number of nitrogens with two attached hydrogens (primary N) is 1. The fourth-order valence-corrected chi connectivity index (χ4v) is 2.58. The highest BCUT2D eigenvalue weighted by Gasteiger charge is 2.25. The van der Waals surface area contributed by atoms with Crippen molar-refractivity contribution in [2.45, 2.75) is 31.7 Å². The number of rotatable bonds is 3. The van der Waals surface area contributed by atoms with Crippen LogP contribution in [0.2, 0.25) is 0 Å². The Balaban J connectivity index is 1.85. The molecule has 0 radical (unpaired) electrons. The van der Waals surface area contributed by atoms with E-state index >= 15 is 0 Å². The van der Waals surface area contributed by atoms with Crippen molar-refractivity contribution in [1.82, 2.24) is 10.1 Å². The molecule has 4 nitrogen and oxygen atoms in total. The van der Waals surface area contributed by atoms with Crippen LogP contribution in [-0.4, -0.2) is 10.1 Å². The Morgan fingerprint density at radius 3 is 2.94 bits per heavy atom. The molecule has 0 bridgehead atoms. The Labute approximate surface area is 97.5 Å². The molecule has 1 fully saturated rings. The molecule has 0 aromatic carbocycles. The van der Waals surface area contributed by atoms with Crippen molar-refractivity contribution in [1.29, 1.82) is 0 Å². The summed E-state index contributed by atoms with van der Waals surface area (Å²) >= 11 is 1.63. The lowest BCUT2D eigenvalue weighted by atomic mass is 9.85. The van der Waals surface area contributed by atoms with Gasteiger partial charge in [-0.2, -0.15) is 4.98 Å². The number of aromatic nitrogens is 2. The van der Waals surface area contributed by atoms with Gasteiger partial charge in [-0.15, -0.1) is 11.3 Å². The lowest BCUT2D eigenvalue weighted by Crippen LogP contribution is -2.08. The van der Waals surface area contributed by atoms with E-state index in [9.17, 15) is 0 Å². The van der Waals surface area contributed by atoms with Gasteiger partial charge in [-0.1, -0.05) is 11.6 Å². The van der Waals surface area contributed by atoms with E-state index in [1.54, 1.807) is 11.3 Å². The van der Waals surface area contributed by atoms with Gasteiger partial charge in [0.2, 0.25) is 11.7 Å². The van der Waals surface area contributed by atoms with Crippen LogP contribution in [0.3, 0.4) is 0 Å². The second kappa shape index (κ2) is 3.99. The Morgan fingerprint density at radius 2 is 2.31 bits per heavy atom. The summed E-state index contributed by atoms with van der Waals surface area (Å²) in [5, 5.41) is 4.02. The molecule has 1 saturated carbocycles. The van der Waals surface area contributed by atoms with Crippen LogP contribution in [0.5, 0.6) is 0 Å². The van der Waals surface area contributed by atoms with E-state index in [1.807, 2.05) is 12.1 Å². The maximum Gasteiger partial charge on any atom is 0.230 e. The highest BCUT2D eigenvalue weighted by Crippen LogP contribution is 2.36. The smallest absolute Gasteiger partial charge is 0.230 e. The predicted octanol–water partition coefficient (Wildman–Crippen LogP) is 2.52. The zero-order valence-corrected chi connectivity index (χ0v) is 9.67. The van der Waals surface area contributed by atoms with Crippen molar-refractivity contribution in [2.75, 3.05) is 0 Å². The summed E-state index contributed by atoms with van der Waals surface area (Å²) in [7, 11) is 0. The maximum atomic E-state index is 5.57. The maximum absolute atomic E-state index is 5.57. The molecule has 3 rings (SSSR count). The highest BCUT2D eigenvalue weighted by molar-refractivity contribution is 7.15. The molecule has 0 atom stereocenters. The molecule has 0 saturated heterocycles. The van der Waals surface area contributed by atoms with Crippen molar-refractivity contribution < 1.29 is 4.52 Å². The van der Waals surface area contributed by atoms with E-state index in [0.717, 1.165) is 15.6 Å². The van der Waals surface area contributed by atoms with Gasteiger partial charge in [0, 0.05) is 17.3 Å². The molecule has 5 heteroatoms. The lowest BCUT2D eigenvalue weighted by Gasteiger charge is -2.20. The highest BCUT2D eigenvalue weighted by atomic mass is 32.1. The van der Waals surface area contributed by atoms with Gasteiger partial charge < -0.3 is 10.3 Å². The van der Waals surface area contributed by atoms with Crippen molar-refractivity contribution >= 4 is 11.3 Å². The van der Waals surface area contributed by atoms with Gasteiger partial charge in [0.15, 0.2) is 0 Å². The topological polar surface area (TPSA) is 64.9 Å². The number of thiophene rings is 1. The molecule has 1 aliphatic carbocycles. The lowest BCUT2D eigenvalue weighted by molar-refractivity contribution is 0.292. The standard InChI is InChI=1S/C11H13N3OS/c12-6-8-4-5-9(16-8)10-13-11(15-14-10)7-2-1-3-7/h4-5,7H,1-3,6,12H2. The quantitative estimate of drug-likeness (QED) is 0.887. The van der Waals surface area contributed by atoms with Crippen molar-refractivity contribution in [3.05, 3.63) is 22.9 Å². The van der Waals surface area contributed by atoms with Gasteiger partial charge in [-0.25, -0.2) is 0 Å². The average molecular weight is 235 g/mol. The first-order valence-corrected chi connectivity index (χ1v) is 6.31. The van der Waals surface area contributed by atoms with E-state index in [2.05, 4.69) is 10.1 Å².